The van der Waals surface area contributed by atoms with Crippen molar-refractivity contribution < 1.29 is 22.7 Å². The molecule has 5 nitrogen and oxygen atoms in total. The highest BCUT2D eigenvalue weighted by Gasteiger charge is 2.31. The van der Waals surface area contributed by atoms with Gasteiger partial charge in [0.05, 0.1) is 17.9 Å². The van der Waals surface area contributed by atoms with Crippen molar-refractivity contribution in [3.8, 4) is 11.4 Å². The minimum atomic E-state index is -4.71. The fourth-order valence-corrected chi connectivity index (χ4v) is 3.57. The van der Waals surface area contributed by atoms with Crippen molar-refractivity contribution in [3.05, 3.63) is 41.7 Å². The topological polar surface area (TPSA) is 56.2 Å². The van der Waals surface area contributed by atoms with Gasteiger partial charge in [0.25, 0.3) is 0 Å². The zero-order chi connectivity index (χ0) is 19.4. The third-order valence-corrected chi connectivity index (χ3v) is 4.98. The first kappa shape index (κ1) is 19.6. The van der Waals surface area contributed by atoms with Gasteiger partial charge in [0.2, 0.25) is 5.91 Å². The third-order valence-electron chi connectivity index (χ3n) is 4.37. The summed E-state index contributed by atoms with van der Waals surface area (Å²) in [5, 5.41) is 7.45. The van der Waals surface area contributed by atoms with Gasteiger partial charge in [-0.2, -0.15) is 16.9 Å². The predicted molar refractivity (Wildman–Crippen MR) is 97.1 cm³/mol. The Kier molecular flexibility index (Phi) is 5.98. The summed E-state index contributed by atoms with van der Waals surface area (Å²) in [6, 6.07) is 5.53. The van der Waals surface area contributed by atoms with Crippen molar-refractivity contribution in [2.24, 2.45) is 0 Å². The normalized spacial score (nSPS) is 16.7. The highest BCUT2D eigenvalue weighted by molar-refractivity contribution is 7.98. The average molecular weight is 399 g/mol. The van der Waals surface area contributed by atoms with Crippen molar-refractivity contribution in [2.45, 2.75) is 38.1 Å². The predicted octanol–water partition coefficient (Wildman–Crippen LogP) is 4.02. The summed E-state index contributed by atoms with van der Waals surface area (Å²) in [7, 11) is 0. The van der Waals surface area contributed by atoms with E-state index < -0.39 is 6.36 Å². The number of alkyl halides is 3. The zero-order valence-corrected chi connectivity index (χ0v) is 15.6. The standard InChI is InChI=1S/C18H20F3N3O2S/c1-27-10-9-17(25)23-15-3-2-4-16-14(15)11-22-24(16)12-5-7-13(8-6-12)26-18(19,20)21/h5-8,11,15H,2-4,9-10H2,1H3,(H,23,25). The molecular formula is C18H20F3N3O2S. The van der Waals surface area contributed by atoms with E-state index in [1.165, 1.54) is 24.3 Å². The van der Waals surface area contributed by atoms with Gasteiger partial charge in [-0.1, -0.05) is 0 Å². The molecule has 27 heavy (non-hydrogen) atoms. The largest absolute Gasteiger partial charge is 0.573 e. The van der Waals surface area contributed by atoms with Crippen LogP contribution in [-0.2, 0) is 11.2 Å². The number of aromatic nitrogens is 2. The van der Waals surface area contributed by atoms with Crippen molar-refractivity contribution in [3.63, 3.8) is 0 Å². The first-order valence-corrected chi connectivity index (χ1v) is 9.98. The molecule has 0 aliphatic heterocycles. The molecule has 0 spiro atoms. The van der Waals surface area contributed by atoms with Crippen LogP contribution in [0.15, 0.2) is 30.5 Å². The quantitative estimate of drug-likeness (QED) is 0.797. The van der Waals surface area contributed by atoms with E-state index in [1.807, 2.05) is 6.26 Å². The number of hydrogen-bond acceptors (Lipinski definition) is 4. The number of halogens is 3. The lowest BCUT2D eigenvalue weighted by Crippen LogP contribution is -2.31. The van der Waals surface area contributed by atoms with Crippen LogP contribution in [0.2, 0.25) is 0 Å². The Hall–Kier alpha value is -2.16. The molecular weight excluding hydrogens is 379 g/mol. The van der Waals surface area contributed by atoms with Crippen LogP contribution in [0.25, 0.3) is 5.69 Å². The number of benzene rings is 1. The Morgan fingerprint density at radius 3 is 2.78 bits per heavy atom. The molecule has 1 aromatic heterocycles. The van der Waals surface area contributed by atoms with Crippen molar-refractivity contribution in [1.82, 2.24) is 15.1 Å². The van der Waals surface area contributed by atoms with Gasteiger partial charge in [0.15, 0.2) is 0 Å². The van der Waals surface area contributed by atoms with E-state index in [4.69, 9.17) is 0 Å². The Morgan fingerprint density at radius 1 is 1.37 bits per heavy atom. The van der Waals surface area contributed by atoms with E-state index in [9.17, 15) is 18.0 Å². The molecule has 2 aromatic rings. The van der Waals surface area contributed by atoms with Crippen LogP contribution in [0.3, 0.4) is 0 Å². The van der Waals surface area contributed by atoms with E-state index in [-0.39, 0.29) is 17.7 Å². The maximum atomic E-state index is 12.3. The number of carbonyl (C=O) groups is 1. The number of nitrogens with zero attached hydrogens (tertiary/aromatic N) is 2. The molecule has 1 aliphatic carbocycles. The minimum Gasteiger partial charge on any atom is -0.406 e. The molecule has 1 aromatic carbocycles. The van der Waals surface area contributed by atoms with E-state index >= 15 is 0 Å². The molecule has 1 heterocycles. The third kappa shape index (κ3) is 4.97. The maximum absolute atomic E-state index is 12.3. The highest BCUT2D eigenvalue weighted by Crippen LogP contribution is 2.32. The van der Waals surface area contributed by atoms with Gasteiger partial charge in [0.1, 0.15) is 5.75 Å². The van der Waals surface area contributed by atoms with E-state index in [0.29, 0.717) is 12.1 Å². The number of amides is 1. The second-order valence-corrected chi connectivity index (χ2v) is 7.24. The number of ether oxygens (including phenoxy) is 1. The Balaban J connectivity index is 1.76. The van der Waals surface area contributed by atoms with Gasteiger partial charge >= 0.3 is 6.36 Å². The molecule has 1 N–H and O–H groups in total. The van der Waals surface area contributed by atoms with Crippen LogP contribution >= 0.6 is 11.8 Å². The number of hydrogen-bond donors (Lipinski definition) is 1. The fraction of sp³-hybridized carbons (Fsp3) is 0.444. The molecule has 1 atom stereocenters. The summed E-state index contributed by atoms with van der Waals surface area (Å²) in [5.74, 6) is 0.520. The summed E-state index contributed by atoms with van der Waals surface area (Å²) in [5.41, 5.74) is 2.59. The van der Waals surface area contributed by atoms with Crippen molar-refractivity contribution in [2.75, 3.05) is 12.0 Å². The smallest absolute Gasteiger partial charge is 0.406 e. The van der Waals surface area contributed by atoms with Crippen molar-refractivity contribution in [1.29, 1.82) is 0 Å². The van der Waals surface area contributed by atoms with Crippen LogP contribution < -0.4 is 10.1 Å². The first-order chi connectivity index (χ1) is 12.9. The molecule has 0 radical (unpaired) electrons. The number of thioether (sulfide) groups is 1. The summed E-state index contributed by atoms with van der Waals surface area (Å²) in [6.07, 6.45) is 2.00. The lowest BCUT2D eigenvalue weighted by molar-refractivity contribution is -0.274. The van der Waals surface area contributed by atoms with E-state index in [0.717, 1.165) is 36.3 Å². The Morgan fingerprint density at radius 2 is 2.11 bits per heavy atom. The number of nitrogens with one attached hydrogen (secondary N) is 1. The van der Waals surface area contributed by atoms with Gasteiger partial charge in [0, 0.05) is 23.4 Å². The maximum Gasteiger partial charge on any atom is 0.573 e. The molecule has 1 aliphatic rings. The van der Waals surface area contributed by atoms with Crippen LogP contribution in [-0.4, -0.2) is 34.1 Å². The zero-order valence-electron chi connectivity index (χ0n) is 14.8. The number of fused-ring (bicyclic) bond motifs is 1. The number of carbonyl (C=O) groups excluding carboxylic acids is 1. The Bertz CT molecular complexity index is 790. The molecule has 0 bridgehead atoms. The minimum absolute atomic E-state index is 0.0172. The summed E-state index contributed by atoms with van der Waals surface area (Å²) < 4.78 is 42.5. The lowest BCUT2D eigenvalue weighted by Gasteiger charge is -2.24. The molecule has 1 amide bonds. The second-order valence-electron chi connectivity index (χ2n) is 6.26. The average Bonchev–Trinajstić information content (AvgIpc) is 3.04. The summed E-state index contributed by atoms with van der Waals surface area (Å²) in [6.45, 7) is 0. The molecule has 146 valence electrons. The molecule has 1 unspecified atom stereocenters. The summed E-state index contributed by atoms with van der Waals surface area (Å²) >= 11 is 1.63. The van der Waals surface area contributed by atoms with Crippen molar-refractivity contribution >= 4 is 17.7 Å². The first-order valence-electron chi connectivity index (χ1n) is 8.58. The monoisotopic (exact) mass is 399 g/mol. The highest BCUT2D eigenvalue weighted by atomic mass is 32.2. The Labute approximate surface area is 159 Å². The SMILES string of the molecule is CSCCC(=O)NC1CCCc2c1cnn2-c1ccc(OC(F)(F)F)cc1. The van der Waals surface area contributed by atoms with Gasteiger partial charge in [-0.05, 0) is 49.8 Å². The lowest BCUT2D eigenvalue weighted by atomic mass is 9.92. The number of rotatable bonds is 6. The fourth-order valence-electron chi connectivity index (χ4n) is 3.18. The van der Waals surface area contributed by atoms with Crippen LogP contribution in [0.1, 0.15) is 36.6 Å². The molecule has 0 fully saturated rings. The van der Waals surface area contributed by atoms with E-state index in [1.54, 1.807) is 22.6 Å². The molecule has 0 saturated carbocycles. The van der Waals surface area contributed by atoms with Gasteiger partial charge in [-0.15, -0.1) is 13.2 Å². The van der Waals surface area contributed by atoms with Crippen LogP contribution in [0.5, 0.6) is 5.75 Å². The van der Waals surface area contributed by atoms with Gasteiger partial charge in [-0.25, -0.2) is 4.68 Å². The molecule has 0 saturated heterocycles. The van der Waals surface area contributed by atoms with E-state index in [2.05, 4.69) is 15.2 Å². The molecule has 3 rings (SSSR count). The van der Waals surface area contributed by atoms with Gasteiger partial charge < -0.3 is 10.1 Å². The van der Waals surface area contributed by atoms with Crippen LogP contribution in [0, 0.1) is 0 Å². The van der Waals surface area contributed by atoms with Gasteiger partial charge in [-0.3, -0.25) is 4.79 Å². The molecule has 9 heteroatoms. The summed E-state index contributed by atoms with van der Waals surface area (Å²) in [4.78, 5) is 12.1. The van der Waals surface area contributed by atoms with Crippen LogP contribution in [0.4, 0.5) is 13.2 Å². The second kappa shape index (κ2) is 8.24.